The molecule has 19 heavy (non-hydrogen) atoms. The summed E-state index contributed by atoms with van der Waals surface area (Å²) in [7, 11) is 1.27. The minimum Gasteiger partial charge on any atom is -0.453 e. The van der Waals surface area contributed by atoms with Gasteiger partial charge in [-0.25, -0.2) is 4.79 Å². The van der Waals surface area contributed by atoms with Gasteiger partial charge < -0.3 is 15.4 Å². The van der Waals surface area contributed by atoms with Crippen molar-refractivity contribution in [1.29, 1.82) is 0 Å². The quantitative estimate of drug-likeness (QED) is 0.884. The maximum atomic E-state index is 11.8. The highest BCUT2D eigenvalue weighted by atomic mass is 32.2. The highest BCUT2D eigenvalue weighted by Gasteiger charge is 2.21. The molecule has 0 fully saturated rings. The maximum Gasteiger partial charge on any atom is 0.407 e. The van der Waals surface area contributed by atoms with Crippen molar-refractivity contribution in [2.45, 2.75) is 17.4 Å². The summed E-state index contributed by atoms with van der Waals surface area (Å²) in [6.45, 7) is -0.0709. The van der Waals surface area contributed by atoms with Crippen LogP contribution in [0.5, 0.6) is 0 Å². The van der Waals surface area contributed by atoms with Crippen LogP contribution in [0.25, 0.3) is 0 Å². The number of methoxy groups -OCH3 is 1. The summed E-state index contributed by atoms with van der Waals surface area (Å²) in [5.41, 5.74) is 1.14. The Kier molecular flexibility index (Phi) is 4.68. The van der Waals surface area contributed by atoms with Crippen LogP contribution in [0.3, 0.4) is 0 Å². The standard InChI is InChI=1S/C13H16N2O3S/c1-18-13(17)14-8-12(16)15-10-6-7-19-11-5-3-2-4-9(10)11/h2-5,10H,6-8H2,1H3,(H,14,17)(H,15,16). The fourth-order valence-corrected chi connectivity index (χ4v) is 3.09. The predicted molar refractivity (Wildman–Crippen MR) is 73.1 cm³/mol. The van der Waals surface area contributed by atoms with E-state index in [2.05, 4.69) is 21.4 Å². The van der Waals surface area contributed by atoms with Crippen LogP contribution >= 0.6 is 11.8 Å². The third-order valence-corrected chi connectivity index (χ3v) is 4.00. The van der Waals surface area contributed by atoms with E-state index >= 15 is 0 Å². The summed E-state index contributed by atoms with van der Waals surface area (Å²) in [5.74, 6) is 0.768. The predicted octanol–water partition coefficient (Wildman–Crippen LogP) is 1.70. The van der Waals surface area contributed by atoms with Crippen LogP contribution in [0.2, 0.25) is 0 Å². The lowest BCUT2D eigenvalue weighted by Crippen LogP contribution is -2.39. The number of rotatable bonds is 3. The molecule has 2 N–H and O–H groups in total. The third-order valence-electron chi connectivity index (χ3n) is 2.87. The molecule has 5 nitrogen and oxygen atoms in total. The maximum absolute atomic E-state index is 11.8. The van der Waals surface area contributed by atoms with E-state index in [-0.39, 0.29) is 18.5 Å². The normalized spacial score (nSPS) is 17.2. The number of alkyl carbamates (subject to hydrolysis) is 1. The molecular formula is C13H16N2O3S. The molecule has 6 heteroatoms. The molecule has 1 aliphatic heterocycles. The summed E-state index contributed by atoms with van der Waals surface area (Å²) in [5, 5.41) is 5.30. The number of hydrogen-bond acceptors (Lipinski definition) is 4. The first-order valence-corrected chi connectivity index (χ1v) is 7.02. The van der Waals surface area contributed by atoms with E-state index in [1.807, 2.05) is 18.2 Å². The number of nitrogens with one attached hydrogen (secondary N) is 2. The Labute approximate surface area is 116 Å². The van der Waals surface area contributed by atoms with E-state index in [0.29, 0.717) is 0 Å². The van der Waals surface area contributed by atoms with Crippen molar-refractivity contribution in [2.75, 3.05) is 19.4 Å². The van der Waals surface area contributed by atoms with Crippen molar-refractivity contribution in [3.8, 4) is 0 Å². The molecule has 0 aromatic heterocycles. The molecule has 0 radical (unpaired) electrons. The molecule has 0 saturated carbocycles. The third kappa shape index (κ3) is 3.64. The number of amides is 2. The van der Waals surface area contributed by atoms with Gasteiger partial charge >= 0.3 is 6.09 Å². The Hall–Kier alpha value is -1.69. The molecule has 0 aliphatic carbocycles. The lowest BCUT2D eigenvalue weighted by Gasteiger charge is -2.25. The SMILES string of the molecule is COC(=O)NCC(=O)NC1CCSc2ccccc21. The molecule has 1 aromatic carbocycles. The van der Waals surface area contributed by atoms with Crippen LogP contribution in [-0.2, 0) is 9.53 Å². The highest BCUT2D eigenvalue weighted by molar-refractivity contribution is 7.99. The summed E-state index contributed by atoms with van der Waals surface area (Å²) in [6.07, 6.45) is 0.292. The van der Waals surface area contributed by atoms with Crippen molar-refractivity contribution in [3.05, 3.63) is 29.8 Å². The van der Waals surface area contributed by atoms with E-state index < -0.39 is 6.09 Å². The second-order valence-electron chi connectivity index (χ2n) is 4.14. The van der Waals surface area contributed by atoms with Gasteiger partial charge in [-0.1, -0.05) is 18.2 Å². The first-order chi connectivity index (χ1) is 9.20. The fraction of sp³-hybridized carbons (Fsp3) is 0.385. The van der Waals surface area contributed by atoms with E-state index in [1.54, 1.807) is 11.8 Å². The molecule has 0 bridgehead atoms. The molecule has 1 unspecified atom stereocenters. The van der Waals surface area contributed by atoms with Gasteiger partial charge in [0.15, 0.2) is 0 Å². The van der Waals surface area contributed by atoms with Gasteiger partial charge in [0.25, 0.3) is 0 Å². The van der Waals surface area contributed by atoms with E-state index in [1.165, 1.54) is 12.0 Å². The number of carbonyl (C=O) groups excluding carboxylic acids is 2. The molecule has 0 spiro atoms. The smallest absolute Gasteiger partial charge is 0.407 e. The Bertz CT molecular complexity index is 479. The molecule has 1 heterocycles. The molecule has 102 valence electrons. The largest absolute Gasteiger partial charge is 0.453 e. The summed E-state index contributed by atoms with van der Waals surface area (Å²) >= 11 is 1.80. The molecule has 1 aliphatic rings. The number of fused-ring (bicyclic) bond motifs is 1. The monoisotopic (exact) mass is 280 g/mol. The van der Waals surface area contributed by atoms with Crippen molar-refractivity contribution in [1.82, 2.24) is 10.6 Å². The Balaban J connectivity index is 1.93. The van der Waals surface area contributed by atoms with Gasteiger partial charge in [-0.15, -0.1) is 11.8 Å². The topological polar surface area (TPSA) is 67.4 Å². The van der Waals surface area contributed by atoms with Crippen molar-refractivity contribution < 1.29 is 14.3 Å². The van der Waals surface area contributed by atoms with Crippen LogP contribution < -0.4 is 10.6 Å². The molecule has 1 atom stereocenters. The first-order valence-electron chi connectivity index (χ1n) is 6.03. The lowest BCUT2D eigenvalue weighted by atomic mass is 10.0. The molecule has 2 rings (SSSR count). The molecule has 1 aromatic rings. The summed E-state index contributed by atoms with van der Waals surface area (Å²) in [4.78, 5) is 23.9. The van der Waals surface area contributed by atoms with Crippen LogP contribution in [-0.4, -0.2) is 31.4 Å². The Morgan fingerprint density at radius 1 is 1.42 bits per heavy atom. The zero-order valence-corrected chi connectivity index (χ0v) is 11.5. The number of hydrogen-bond donors (Lipinski definition) is 2. The first kappa shape index (κ1) is 13.7. The average molecular weight is 280 g/mol. The van der Waals surface area contributed by atoms with Crippen LogP contribution in [0, 0.1) is 0 Å². The van der Waals surface area contributed by atoms with Gasteiger partial charge in [-0.05, 0) is 18.1 Å². The number of ether oxygens (including phenoxy) is 1. The van der Waals surface area contributed by atoms with Gasteiger partial charge in [0.2, 0.25) is 5.91 Å². The summed E-state index contributed by atoms with van der Waals surface area (Å²) in [6, 6.07) is 8.07. The zero-order chi connectivity index (χ0) is 13.7. The van der Waals surface area contributed by atoms with Gasteiger partial charge in [-0.2, -0.15) is 0 Å². The van der Waals surface area contributed by atoms with Crippen LogP contribution in [0.15, 0.2) is 29.2 Å². The van der Waals surface area contributed by atoms with E-state index in [9.17, 15) is 9.59 Å². The zero-order valence-electron chi connectivity index (χ0n) is 10.6. The number of carbonyl (C=O) groups is 2. The van der Waals surface area contributed by atoms with Crippen LogP contribution in [0.1, 0.15) is 18.0 Å². The number of benzene rings is 1. The highest BCUT2D eigenvalue weighted by Crippen LogP contribution is 2.35. The molecular weight excluding hydrogens is 264 g/mol. The van der Waals surface area contributed by atoms with Crippen molar-refractivity contribution >= 4 is 23.8 Å². The van der Waals surface area contributed by atoms with E-state index in [4.69, 9.17) is 0 Å². The van der Waals surface area contributed by atoms with Crippen molar-refractivity contribution in [3.63, 3.8) is 0 Å². The number of thioether (sulfide) groups is 1. The molecule has 0 saturated heterocycles. The second-order valence-corrected chi connectivity index (χ2v) is 5.28. The molecule has 2 amide bonds. The second kappa shape index (κ2) is 6.47. The Morgan fingerprint density at radius 3 is 3.00 bits per heavy atom. The van der Waals surface area contributed by atoms with E-state index in [0.717, 1.165) is 17.7 Å². The summed E-state index contributed by atoms with van der Waals surface area (Å²) < 4.78 is 4.41. The van der Waals surface area contributed by atoms with Gasteiger partial charge in [0, 0.05) is 10.6 Å². The van der Waals surface area contributed by atoms with Gasteiger partial charge in [0.05, 0.1) is 13.2 Å². The minimum absolute atomic E-state index is 0.0180. The minimum atomic E-state index is -0.602. The van der Waals surface area contributed by atoms with Gasteiger partial charge in [-0.3, -0.25) is 4.79 Å². The average Bonchev–Trinajstić information content (AvgIpc) is 2.45. The van der Waals surface area contributed by atoms with Crippen molar-refractivity contribution in [2.24, 2.45) is 0 Å². The van der Waals surface area contributed by atoms with Crippen LogP contribution in [0.4, 0.5) is 4.79 Å². The van der Waals surface area contributed by atoms with Gasteiger partial charge in [0.1, 0.15) is 6.54 Å². The Morgan fingerprint density at radius 2 is 2.21 bits per heavy atom. The lowest BCUT2D eigenvalue weighted by molar-refractivity contribution is -0.121. The fourth-order valence-electron chi connectivity index (χ4n) is 1.96.